The zero-order valence-electron chi connectivity index (χ0n) is 17.4. The Bertz CT molecular complexity index is 816. The quantitative estimate of drug-likeness (QED) is 0.489. The van der Waals surface area contributed by atoms with Crippen LogP contribution in [0.25, 0.3) is 11.1 Å². The van der Waals surface area contributed by atoms with E-state index in [2.05, 4.69) is 6.92 Å². The third-order valence-electron chi connectivity index (χ3n) is 6.51. The molecule has 2 fully saturated rings. The molecular formula is C25H29ClF2O2. The second-order valence-corrected chi connectivity index (χ2v) is 9.10. The summed E-state index contributed by atoms with van der Waals surface area (Å²) in [6.07, 6.45) is 5.86. The van der Waals surface area contributed by atoms with Crippen LogP contribution in [0.3, 0.4) is 0 Å². The van der Waals surface area contributed by atoms with Crippen LogP contribution in [0.5, 0.6) is 0 Å². The van der Waals surface area contributed by atoms with E-state index in [0.29, 0.717) is 22.4 Å². The van der Waals surface area contributed by atoms with Crippen LogP contribution >= 0.6 is 11.6 Å². The van der Waals surface area contributed by atoms with Crippen molar-refractivity contribution in [3.8, 4) is 11.1 Å². The second-order valence-electron chi connectivity index (χ2n) is 8.67. The monoisotopic (exact) mass is 434 g/mol. The minimum absolute atomic E-state index is 0.00902. The molecule has 0 bridgehead atoms. The van der Waals surface area contributed by atoms with Crippen LogP contribution < -0.4 is 0 Å². The topological polar surface area (TPSA) is 18.5 Å². The fourth-order valence-corrected chi connectivity index (χ4v) is 4.98. The van der Waals surface area contributed by atoms with E-state index in [-0.39, 0.29) is 17.8 Å². The molecule has 0 aromatic heterocycles. The Labute approximate surface area is 182 Å². The van der Waals surface area contributed by atoms with E-state index < -0.39 is 11.6 Å². The van der Waals surface area contributed by atoms with Gasteiger partial charge in [-0.3, -0.25) is 0 Å². The molecule has 0 unspecified atom stereocenters. The van der Waals surface area contributed by atoms with Gasteiger partial charge in [-0.25, -0.2) is 8.78 Å². The van der Waals surface area contributed by atoms with Crippen molar-refractivity contribution in [3.63, 3.8) is 0 Å². The molecule has 0 radical (unpaired) electrons. The summed E-state index contributed by atoms with van der Waals surface area (Å²) in [6, 6.07) is 9.57. The Morgan fingerprint density at radius 3 is 2.10 bits per heavy atom. The Balaban J connectivity index is 1.39. The van der Waals surface area contributed by atoms with Crippen molar-refractivity contribution in [2.24, 2.45) is 11.8 Å². The van der Waals surface area contributed by atoms with Gasteiger partial charge in [-0.15, -0.1) is 0 Å². The molecule has 1 saturated heterocycles. The van der Waals surface area contributed by atoms with Gasteiger partial charge in [0.15, 0.2) is 6.29 Å². The molecule has 1 heterocycles. The number of rotatable bonds is 5. The smallest absolute Gasteiger partial charge is 0.160 e. The fourth-order valence-electron chi connectivity index (χ4n) is 4.85. The van der Waals surface area contributed by atoms with Crippen molar-refractivity contribution in [1.82, 2.24) is 0 Å². The lowest BCUT2D eigenvalue weighted by Gasteiger charge is -2.37. The first-order chi connectivity index (χ1) is 14.5. The average molecular weight is 435 g/mol. The predicted molar refractivity (Wildman–Crippen MR) is 116 cm³/mol. The highest BCUT2D eigenvalue weighted by Crippen LogP contribution is 2.40. The summed E-state index contributed by atoms with van der Waals surface area (Å²) in [7, 11) is 0. The van der Waals surface area contributed by atoms with Crippen LogP contribution in [-0.4, -0.2) is 19.5 Å². The summed E-state index contributed by atoms with van der Waals surface area (Å²) in [5, 5.41) is 0.541. The Hall–Kier alpha value is -1.49. The lowest BCUT2D eigenvalue weighted by molar-refractivity contribution is -0.229. The largest absolute Gasteiger partial charge is 0.352 e. The molecule has 0 amide bonds. The minimum Gasteiger partial charge on any atom is -0.352 e. The maximum atomic E-state index is 14.8. The molecule has 1 saturated carbocycles. The molecule has 1 aliphatic heterocycles. The molecule has 0 N–H and O–H groups in total. The van der Waals surface area contributed by atoms with Gasteiger partial charge < -0.3 is 9.47 Å². The van der Waals surface area contributed by atoms with E-state index in [4.69, 9.17) is 21.1 Å². The summed E-state index contributed by atoms with van der Waals surface area (Å²) < 4.78 is 41.6. The summed E-state index contributed by atoms with van der Waals surface area (Å²) >= 11 is 5.89. The average Bonchev–Trinajstić information content (AvgIpc) is 2.75. The maximum absolute atomic E-state index is 14.8. The van der Waals surface area contributed by atoms with Crippen LogP contribution in [0.15, 0.2) is 36.4 Å². The standard InChI is InChI=1S/C25H29ClF2O2/c1-2-3-16-14-29-25(30-15-16)19-6-4-17(5-7-19)20-12-22(27)24(23(28)13-20)18-8-10-21(26)11-9-18/h8-13,16-17,19,25H,2-7,14-15H2,1H3. The molecule has 2 aliphatic rings. The van der Waals surface area contributed by atoms with Crippen molar-refractivity contribution in [1.29, 1.82) is 0 Å². The summed E-state index contributed by atoms with van der Waals surface area (Å²) in [5.74, 6) is 0.00576. The number of ether oxygens (including phenoxy) is 2. The molecule has 30 heavy (non-hydrogen) atoms. The molecule has 0 atom stereocenters. The van der Waals surface area contributed by atoms with Crippen molar-refractivity contribution < 1.29 is 18.3 Å². The first kappa shape index (κ1) is 21.7. The van der Waals surface area contributed by atoms with Gasteiger partial charge in [0.25, 0.3) is 0 Å². The zero-order valence-corrected chi connectivity index (χ0v) is 18.1. The van der Waals surface area contributed by atoms with Crippen molar-refractivity contribution in [3.05, 3.63) is 58.6 Å². The second kappa shape index (κ2) is 9.76. The highest BCUT2D eigenvalue weighted by Gasteiger charge is 2.33. The third-order valence-corrected chi connectivity index (χ3v) is 6.77. The Morgan fingerprint density at radius 1 is 0.933 bits per heavy atom. The van der Waals surface area contributed by atoms with Gasteiger partial charge in [0.05, 0.1) is 18.8 Å². The van der Waals surface area contributed by atoms with Crippen molar-refractivity contribution >= 4 is 11.6 Å². The van der Waals surface area contributed by atoms with Gasteiger partial charge in [0, 0.05) is 16.9 Å². The number of benzene rings is 2. The Morgan fingerprint density at radius 2 is 1.53 bits per heavy atom. The third kappa shape index (κ3) is 4.87. The normalized spacial score (nSPS) is 27.2. The van der Waals surface area contributed by atoms with Crippen LogP contribution in [-0.2, 0) is 9.47 Å². The fraction of sp³-hybridized carbons (Fsp3) is 0.520. The van der Waals surface area contributed by atoms with Gasteiger partial charge in [-0.2, -0.15) is 0 Å². The van der Waals surface area contributed by atoms with E-state index >= 15 is 0 Å². The Kier molecular flexibility index (Phi) is 7.07. The number of hydrogen-bond acceptors (Lipinski definition) is 2. The van der Waals surface area contributed by atoms with E-state index in [9.17, 15) is 8.78 Å². The van der Waals surface area contributed by atoms with E-state index in [1.807, 2.05) is 0 Å². The molecular weight excluding hydrogens is 406 g/mol. The van der Waals surface area contributed by atoms with Crippen LogP contribution in [0, 0.1) is 23.5 Å². The highest BCUT2D eigenvalue weighted by molar-refractivity contribution is 6.30. The SMILES string of the molecule is CCCC1COC(C2CCC(c3cc(F)c(-c4ccc(Cl)cc4)c(F)c3)CC2)OC1. The van der Waals surface area contributed by atoms with Gasteiger partial charge in [0.1, 0.15) is 11.6 Å². The van der Waals surface area contributed by atoms with E-state index in [1.165, 1.54) is 12.1 Å². The van der Waals surface area contributed by atoms with Gasteiger partial charge >= 0.3 is 0 Å². The minimum atomic E-state index is -0.518. The number of halogens is 3. The molecule has 2 aromatic carbocycles. The summed E-state index contributed by atoms with van der Waals surface area (Å²) in [5.41, 5.74) is 1.25. The lowest BCUT2D eigenvalue weighted by atomic mass is 9.78. The maximum Gasteiger partial charge on any atom is 0.160 e. The number of hydrogen-bond donors (Lipinski definition) is 0. The summed E-state index contributed by atoms with van der Waals surface area (Å²) in [4.78, 5) is 0. The van der Waals surface area contributed by atoms with Crippen LogP contribution in [0.4, 0.5) is 8.78 Å². The van der Waals surface area contributed by atoms with Gasteiger partial charge in [-0.05, 0) is 73.4 Å². The van der Waals surface area contributed by atoms with Crippen molar-refractivity contribution in [2.45, 2.75) is 57.7 Å². The molecule has 0 spiro atoms. The van der Waals surface area contributed by atoms with Crippen LogP contribution in [0.2, 0.25) is 5.02 Å². The first-order valence-corrected chi connectivity index (χ1v) is 11.4. The summed E-state index contributed by atoms with van der Waals surface area (Å²) in [6.45, 7) is 3.74. The molecule has 2 nitrogen and oxygen atoms in total. The van der Waals surface area contributed by atoms with E-state index in [1.54, 1.807) is 24.3 Å². The van der Waals surface area contributed by atoms with Crippen molar-refractivity contribution in [2.75, 3.05) is 13.2 Å². The molecule has 4 rings (SSSR count). The lowest BCUT2D eigenvalue weighted by Crippen LogP contribution is -2.38. The molecule has 162 valence electrons. The first-order valence-electron chi connectivity index (χ1n) is 11.0. The molecule has 2 aromatic rings. The zero-order chi connectivity index (χ0) is 21.1. The molecule has 5 heteroatoms. The van der Waals surface area contributed by atoms with Gasteiger partial charge in [0.2, 0.25) is 0 Å². The highest BCUT2D eigenvalue weighted by atomic mass is 35.5. The van der Waals surface area contributed by atoms with Crippen LogP contribution in [0.1, 0.15) is 56.9 Å². The predicted octanol–water partition coefficient (Wildman–Crippen LogP) is 7.35. The van der Waals surface area contributed by atoms with E-state index in [0.717, 1.165) is 57.3 Å². The van der Waals surface area contributed by atoms with Gasteiger partial charge in [-0.1, -0.05) is 37.1 Å². The molecule has 1 aliphatic carbocycles.